The summed E-state index contributed by atoms with van der Waals surface area (Å²) in [6, 6.07) is 10.0. The summed E-state index contributed by atoms with van der Waals surface area (Å²) in [5, 5.41) is 12.4. The van der Waals surface area contributed by atoms with E-state index < -0.39 is 0 Å². The molecule has 5 heterocycles. The van der Waals surface area contributed by atoms with E-state index in [0.717, 1.165) is 81.5 Å². The van der Waals surface area contributed by atoms with E-state index in [1.165, 1.54) is 5.57 Å². The van der Waals surface area contributed by atoms with Crippen LogP contribution in [0.1, 0.15) is 44.6 Å². The number of pyridine rings is 3. The number of H-pyrrole nitrogens is 2. The molecule has 0 atom stereocenters. The van der Waals surface area contributed by atoms with Crippen LogP contribution in [-0.2, 0) is 4.79 Å². The summed E-state index contributed by atoms with van der Waals surface area (Å²) in [5.41, 5.74) is 14.8. The highest BCUT2D eigenvalue weighted by Gasteiger charge is 2.17. The number of fused-ring (bicyclic) bond motifs is 2. The molecule has 0 saturated heterocycles. The van der Waals surface area contributed by atoms with Gasteiger partial charge in [-0.25, -0.2) is 9.97 Å². The van der Waals surface area contributed by atoms with Crippen molar-refractivity contribution in [1.29, 1.82) is 0 Å². The second-order valence-electron chi connectivity index (χ2n) is 9.92. The van der Waals surface area contributed by atoms with Crippen LogP contribution in [0.15, 0.2) is 84.7 Å². The molecule has 0 aromatic carbocycles. The summed E-state index contributed by atoms with van der Waals surface area (Å²) < 4.78 is 0. The van der Waals surface area contributed by atoms with E-state index in [4.69, 9.17) is 5.73 Å². The zero-order chi connectivity index (χ0) is 27.5. The van der Waals surface area contributed by atoms with E-state index in [2.05, 4.69) is 48.4 Å². The first-order chi connectivity index (χ1) is 19.6. The number of nitrogens with one attached hydrogen (secondary N) is 3. The number of aromatic nitrogens is 6. The fraction of sp³-hybridized carbons (Fsp3) is 0.194. The Bertz CT molecular complexity index is 1790. The number of allylic oxidation sites excluding steroid dienone is 4. The molecule has 9 heteroatoms. The highest BCUT2D eigenvalue weighted by Crippen LogP contribution is 2.34. The third-order valence-electron chi connectivity index (χ3n) is 6.95. The number of carbonyl (C=O) groups is 1. The predicted octanol–water partition coefficient (Wildman–Crippen LogP) is 5.77. The van der Waals surface area contributed by atoms with Crippen LogP contribution < -0.4 is 11.1 Å². The lowest BCUT2D eigenvalue weighted by Crippen LogP contribution is -2.21. The Labute approximate surface area is 231 Å². The second-order valence-corrected chi connectivity index (χ2v) is 9.92. The molecule has 5 N–H and O–H groups in total. The zero-order valence-corrected chi connectivity index (χ0v) is 22.2. The lowest BCUT2D eigenvalue weighted by atomic mass is 10.0. The number of amides is 1. The molecule has 0 radical (unpaired) electrons. The number of hydrogen-bond donors (Lipinski definition) is 4. The van der Waals surface area contributed by atoms with Crippen LogP contribution in [0.25, 0.3) is 50.2 Å². The fourth-order valence-corrected chi connectivity index (χ4v) is 4.70. The standard InChI is InChI=1S/C31H30N8O/c1-2-3-6-28(40)36-23(12-19-7-8-19)13-21(16-32)22-14-26-29(38-39-31(26)35-18-22)27-15-25-24(9-11-34-30(25)37-27)20-5-4-10-33-17-20/h4-5,9-18H,2-3,6-8,32H2,1H3,(H,34,37)(H,36,40)(H,35,38,39)/b21-16+,23-13+. The molecule has 5 aromatic rings. The van der Waals surface area contributed by atoms with E-state index in [9.17, 15) is 4.79 Å². The van der Waals surface area contributed by atoms with Gasteiger partial charge in [0.25, 0.3) is 0 Å². The Kier molecular flexibility index (Phi) is 6.93. The van der Waals surface area contributed by atoms with Gasteiger partial charge in [-0.05, 0) is 61.2 Å². The fourth-order valence-electron chi connectivity index (χ4n) is 4.70. The van der Waals surface area contributed by atoms with Crippen molar-refractivity contribution >= 4 is 33.5 Å². The van der Waals surface area contributed by atoms with Gasteiger partial charge in [0.15, 0.2) is 5.65 Å². The molecule has 5 aromatic heterocycles. The summed E-state index contributed by atoms with van der Waals surface area (Å²) in [7, 11) is 0. The van der Waals surface area contributed by atoms with Crippen molar-refractivity contribution in [2.45, 2.75) is 39.0 Å². The minimum absolute atomic E-state index is 0.00532. The molecule has 1 amide bonds. The van der Waals surface area contributed by atoms with Gasteiger partial charge in [0.1, 0.15) is 5.65 Å². The summed E-state index contributed by atoms with van der Waals surface area (Å²) in [4.78, 5) is 29.3. The van der Waals surface area contributed by atoms with Crippen LogP contribution in [0, 0.1) is 0 Å². The van der Waals surface area contributed by atoms with E-state index in [-0.39, 0.29) is 5.91 Å². The van der Waals surface area contributed by atoms with Crippen molar-refractivity contribution in [3.63, 3.8) is 0 Å². The van der Waals surface area contributed by atoms with Crippen LogP contribution in [0.4, 0.5) is 0 Å². The largest absolute Gasteiger partial charge is 0.404 e. The van der Waals surface area contributed by atoms with Crippen LogP contribution in [-0.4, -0.2) is 36.0 Å². The SMILES string of the molecule is CCCCC(=O)N/C(C=C1CC1)=C/C(=C\N)c1cnc2n[nH]c(-c3cc4c(-c5cccnc5)ccnc4[nH]3)c2c1. The van der Waals surface area contributed by atoms with Gasteiger partial charge in [-0.3, -0.25) is 14.9 Å². The molecule has 1 fully saturated rings. The molecule has 9 nitrogen and oxygen atoms in total. The molecule has 0 aliphatic heterocycles. The lowest BCUT2D eigenvalue weighted by Gasteiger charge is -2.09. The van der Waals surface area contributed by atoms with Crippen molar-refractivity contribution in [1.82, 2.24) is 35.5 Å². The van der Waals surface area contributed by atoms with E-state index in [1.54, 1.807) is 24.8 Å². The first-order valence-corrected chi connectivity index (χ1v) is 13.5. The topological polar surface area (TPSA) is 138 Å². The molecule has 1 aliphatic carbocycles. The van der Waals surface area contributed by atoms with E-state index in [1.807, 2.05) is 42.6 Å². The van der Waals surface area contributed by atoms with Crippen molar-refractivity contribution in [2.75, 3.05) is 0 Å². The second kappa shape index (κ2) is 11.0. The summed E-state index contributed by atoms with van der Waals surface area (Å²) in [5.74, 6) is 0.00532. The number of nitrogens with two attached hydrogens (primary N) is 1. The predicted molar refractivity (Wildman–Crippen MR) is 157 cm³/mol. The highest BCUT2D eigenvalue weighted by molar-refractivity contribution is 5.99. The summed E-state index contributed by atoms with van der Waals surface area (Å²) >= 11 is 0. The van der Waals surface area contributed by atoms with Crippen LogP contribution in [0.3, 0.4) is 0 Å². The lowest BCUT2D eigenvalue weighted by molar-refractivity contribution is -0.120. The molecule has 0 spiro atoms. The smallest absolute Gasteiger partial charge is 0.224 e. The van der Waals surface area contributed by atoms with E-state index >= 15 is 0 Å². The normalized spacial score (nSPS) is 13.7. The third-order valence-corrected chi connectivity index (χ3v) is 6.95. The first kappa shape index (κ1) is 25.2. The maximum atomic E-state index is 12.5. The Balaban J connectivity index is 1.37. The first-order valence-electron chi connectivity index (χ1n) is 13.5. The van der Waals surface area contributed by atoms with Gasteiger partial charge in [-0.2, -0.15) is 5.10 Å². The van der Waals surface area contributed by atoms with Crippen molar-refractivity contribution in [2.24, 2.45) is 5.73 Å². The van der Waals surface area contributed by atoms with Gasteiger partial charge >= 0.3 is 0 Å². The van der Waals surface area contributed by atoms with Gasteiger partial charge in [-0.15, -0.1) is 0 Å². The number of carbonyl (C=O) groups excluding carboxylic acids is 1. The molecule has 1 saturated carbocycles. The Morgan fingerprint density at radius 3 is 2.80 bits per heavy atom. The molecule has 0 bridgehead atoms. The Morgan fingerprint density at radius 2 is 2.02 bits per heavy atom. The molecule has 6 rings (SSSR count). The molecule has 1 aliphatic rings. The quantitative estimate of drug-likeness (QED) is 0.178. The van der Waals surface area contributed by atoms with Crippen LogP contribution in [0.2, 0.25) is 0 Å². The maximum Gasteiger partial charge on any atom is 0.224 e. The van der Waals surface area contributed by atoms with Gasteiger partial charge in [-0.1, -0.05) is 25.0 Å². The molecular weight excluding hydrogens is 500 g/mol. The molecule has 40 heavy (non-hydrogen) atoms. The minimum Gasteiger partial charge on any atom is -0.404 e. The van der Waals surface area contributed by atoms with Crippen LogP contribution in [0.5, 0.6) is 0 Å². The van der Waals surface area contributed by atoms with Crippen molar-refractivity contribution in [3.05, 3.63) is 90.3 Å². The molecule has 200 valence electrons. The van der Waals surface area contributed by atoms with Gasteiger partial charge in [0.05, 0.1) is 11.4 Å². The third kappa shape index (κ3) is 5.26. The zero-order valence-electron chi connectivity index (χ0n) is 22.2. The van der Waals surface area contributed by atoms with Gasteiger partial charge in [0.2, 0.25) is 5.91 Å². The molecule has 0 unspecified atom stereocenters. The monoisotopic (exact) mass is 530 g/mol. The maximum absolute atomic E-state index is 12.5. The summed E-state index contributed by atoms with van der Waals surface area (Å²) in [6.45, 7) is 2.07. The Hall–Kier alpha value is -5.05. The Morgan fingerprint density at radius 1 is 1.12 bits per heavy atom. The average Bonchev–Trinajstić information content (AvgIpc) is 3.52. The summed E-state index contributed by atoms with van der Waals surface area (Å²) in [6.07, 6.45) is 17.1. The number of hydrogen-bond acceptors (Lipinski definition) is 6. The number of nitrogens with zero attached hydrogens (tertiary/aromatic N) is 4. The number of aromatic amines is 2. The average molecular weight is 531 g/mol. The van der Waals surface area contributed by atoms with Crippen molar-refractivity contribution in [3.8, 4) is 22.5 Å². The highest BCUT2D eigenvalue weighted by atomic mass is 16.1. The van der Waals surface area contributed by atoms with Crippen LogP contribution >= 0.6 is 0 Å². The number of rotatable bonds is 9. The van der Waals surface area contributed by atoms with Crippen molar-refractivity contribution < 1.29 is 4.79 Å². The molecular formula is C31H30N8O. The van der Waals surface area contributed by atoms with E-state index in [0.29, 0.717) is 12.1 Å². The minimum atomic E-state index is 0.00532. The van der Waals surface area contributed by atoms with Gasteiger partial charge < -0.3 is 16.0 Å². The number of unbranched alkanes of at least 4 members (excludes halogenated alkanes) is 1. The van der Waals surface area contributed by atoms with Gasteiger partial charge in [0, 0.05) is 70.6 Å².